The summed E-state index contributed by atoms with van der Waals surface area (Å²) in [7, 11) is -6.39. The normalized spacial score (nSPS) is 12.3. The van der Waals surface area contributed by atoms with Gasteiger partial charge in [0.05, 0.1) is 20.3 Å². The molecular weight excluding hydrogens is 319 g/mol. The molecule has 0 aliphatic carbocycles. The summed E-state index contributed by atoms with van der Waals surface area (Å²) in [6.45, 7) is 3.49. The van der Waals surface area contributed by atoms with Gasteiger partial charge in [-0.3, -0.25) is 8.75 Å². The fourth-order valence-corrected chi connectivity index (χ4v) is 4.38. The van der Waals surface area contributed by atoms with Gasteiger partial charge in [-0.1, -0.05) is 12.1 Å². The van der Waals surface area contributed by atoms with Crippen molar-refractivity contribution in [2.75, 3.05) is 26.7 Å². The zero-order chi connectivity index (χ0) is 15.9. The molecule has 9 heteroatoms. The molecule has 0 atom stereocenters. The maximum atomic E-state index is 12.2. The summed E-state index contributed by atoms with van der Waals surface area (Å²) < 4.78 is 56.2. The van der Waals surface area contributed by atoms with E-state index in [4.69, 9.17) is 18.0 Å². The molecule has 1 aromatic rings. The van der Waals surface area contributed by atoms with E-state index in [1.54, 1.807) is 19.9 Å². The lowest BCUT2D eigenvalue weighted by Gasteiger charge is -2.17. The maximum Gasteiger partial charge on any atom is 0.357 e. The Balaban J connectivity index is 2.92. The van der Waals surface area contributed by atoms with Crippen molar-refractivity contribution in [3.63, 3.8) is 0 Å². The summed E-state index contributed by atoms with van der Waals surface area (Å²) in [4.78, 5) is -0.146. The zero-order valence-corrected chi connectivity index (χ0v) is 13.9. The van der Waals surface area contributed by atoms with Crippen molar-refractivity contribution in [2.24, 2.45) is 0 Å². The van der Waals surface area contributed by atoms with Gasteiger partial charge in [0.25, 0.3) is 0 Å². The van der Waals surface area contributed by atoms with Gasteiger partial charge < -0.3 is 13.8 Å². The van der Waals surface area contributed by atoms with Gasteiger partial charge in [0.15, 0.2) is 6.35 Å². The maximum absolute atomic E-state index is 12.2. The third-order valence-corrected chi connectivity index (χ3v) is 5.58. The number of hydrogen-bond acceptors (Lipinski definition) is 7. The van der Waals surface area contributed by atoms with E-state index >= 15 is 0 Å². The van der Waals surface area contributed by atoms with E-state index in [9.17, 15) is 13.0 Å². The first kappa shape index (κ1) is 18.1. The van der Waals surface area contributed by atoms with Crippen LogP contribution in [0.15, 0.2) is 29.2 Å². The minimum atomic E-state index is -4.13. The van der Waals surface area contributed by atoms with Gasteiger partial charge in [-0.25, -0.2) is 0 Å². The van der Waals surface area contributed by atoms with Crippen molar-refractivity contribution >= 4 is 17.7 Å². The van der Waals surface area contributed by atoms with E-state index in [1.165, 1.54) is 25.3 Å². The molecule has 0 aliphatic heterocycles. The van der Waals surface area contributed by atoms with Crippen LogP contribution in [-0.4, -0.2) is 35.1 Å². The second-order valence-electron chi connectivity index (χ2n) is 3.80. The Bertz CT molecular complexity index is 589. The summed E-state index contributed by atoms with van der Waals surface area (Å²) in [5, 5.41) is 0. The third kappa shape index (κ3) is 5.09. The zero-order valence-electron chi connectivity index (χ0n) is 12.1. The minimum Gasteiger partial charge on any atom is -0.495 e. The molecule has 0 N–H and O–H groups in total. The van der Waals surface area contributed by atoms with Crippen LogP contribution in [0.25, 0.3) is 0 Å². The standard InChI is InChI=1S/C12H19O7PS/c1-4-17-20(13,18-5-2)10-19-21(14,15)12-9-7-6-8-11(12)16-3/h6-9H,4-5,10H2,1-3H3. The first-order valence-corrected chi connectivity index (χ1v) is 9.42. The Kier molecular flexibility index (Phi) is 6.83. The summed E-state index contributed by atoms with van der Waals surface area (Å²) in [5.41, 5.74) is 0. The quantitative estimate of drug-likeness (QED) is 0.505. The van der Waals surface area contributed by atoms with Crippen LogP contribution in [0.4, 0.5) is 0 Å². The number of methoxy groups -OCH3 is 1. The fourth-order valence-electron chi connectivity index (χ4n) is 1.53. The van der Waals surface area contributed by atoms with Crippen molar-refractivity contribution in [3.8, 4) is 5.75 Å². The van der Waals surface area contributed by atoms with Crippen molar-refractivity contribution < 1.29 is 31.0 Å². The van der Waals surface area contributed by atoms with Crippen LogP contribution in [0.5, 0.6) is 5.75 Å². The number of hydrogen-bond donors (Lipinski definition) is 0. The lowest BCUT2D eigenvalue weighted by atomic mass is 10.3. The van der Waals surface area contributed by atoms with Crippen LogP contribution < -0.4 is 4.74 Å². The van der Waals surface area contributed by atoms with Crippen LogP contribution in [0.3, 0.4) is 0 Å². The number of rotatable bonds is 9. The summed E-state index contributed by atoms with van der Waals surface area (Å²) in [6, 6.07) is 5.98. The summed E-state index contributed by atoms with van der Waals surface area (Å²) >= 11 is 0. The Morgan fingerprint density at radius 1 is 1.10 bits per heavy atom. The molecule has 0 radical (unpaired) electrons. The molecule has 0 fully saturated rings. The molecule has 0 aromatic heterocycles. The topological polar surface area (TPSA) is 88.1 Å². The Hall–Kier alpha value is -0.920. The first-order valence-electron chi connectivity index (χ1n) is 6.29. The van der Waals surface area contributed by atoms with Gasteiger partial charge in [0, 0.05) is 0 Å². The predicted molar refractivity (Wildman–Crippen MR) is 77.0 cm³/mol. The second-order valence-corrected chi connectivity index (χ2v) is 7.38. The third-order valence-electron chi connectivity index (χ3n) is 2.36. The number of para-hydroxylation sites is 1. The lowest BCUT2D eigenvalue weighted by Crippen LogP contribution is -2.11. The van der Waals surface area contributed by atoms with Gasteiger partial charge in [-0.15, -0.1) is 0 Å². The second kappa shape index (κ2) is 7.91. The largest absolute Gasteiger partial charge is 0.495 e. The molecule has 21 heavy (non-hydrogen) atoms. The van der Waals surface area contributed by atoms with Crippen molar-refractivity contribution in [2.45, 2.75) is 18.7 Å². The van der Waals surface area contributed by atoms with Gasteiger partial charge in [0.2, 0.25) is 0 Å². The smallest absolute Gasteiger partial charge is 0.357 e. The molecular formula is C12H19O7PS. The molecule has 0 unspecified atom stereocenters. The highest BCUT2D eigenvalue weighted by Crippen LogP contribution is 2.48. The Morgan fingerprint density at radius 3 is 2.19 bits per heavy atom. The van der Waals surface area contributed by atoms with Crippen LogP contribution in [0.2, 0.25) is 0 Å². The lowest BCUT2D eigenvalue weighted by molar-refractivity contribution is 0.197. The molecule has 0 bridgehead atoms. The van der Waals surface area contributed by atoms with E-state index < -0.39 is 24.1 Å². The fraction of sp³-hybridized carbons (Fsp3) is 0.500. The average molecular weight is 338 g/mol. The van der Waals surface area contributed by atoms with Crippen LogP contribution in [-0.2, 0) is 27.9 Å². The van der Waals surface area contributed by atoms with Gasteiger partial charge in [-0.05, 0) is 26.0 Å². The predicted octanol–water partition coefficient (Wildman–Crippen LogP) is 2.62. The van der Waals surface area contributed by atoms with Crippen molar-refractivity contribution in [1.82, 2.24) is 0 Å². The molecule has 0 saturated carbocycles. The van der Waals surface area contributed by atoms with Gasteiger partial charge >= 0.3 is 17.7 Å². The summed E-state index contributed by atoms with van der Waals surface area (Å²) in [5.74, 6) is 0.139. The molecule has 1 aromatic carbocycles. The van der Waals surface area contributed by atoms with Crippen LogP contribution in [0, 0.1) is 0 Å². The van der Waals surface area contributed by atoms with E-state index in [-0.39, 0.29) is 23.9 Å². The van der Waals surface area contributed by atoms with Crippen LogP contribution in [0.1, 0.15) is 13.8 Å². The van der Waals surface area contributed by atoms with Crippen molar-refractivity contribution in [3.05, 3.63) is 24.3 Å². The van der Waals surface area contributed by atoms with Gasteiger partial charge in [-0.2, -0.15) is 8.42 Å². The Morgan fingerprint density at radius 2 is 1.67 bits per heavy atom. The molecule has 0 amide bonds. The highest BCUT2D eigenvalue weighted by atomic mass is 32.2. The first-order chi connectivity index (χ1) is 9.88. The molecule has 0 heterocycles. The molecule has 1 rings (SSSR count). The monoisotopic (exact) mass is 338 g/mol. The van der Waals surface area contributed by atoms with E-state index in [0.29, 0.717) is 0 Å². The molecule has 7 nitrogen and oxygen atoms in total. The minimum absolute atomic E-state index is 0.120. The molecule has 0 spiro atoms. The number of ether oxygens (including phenoxy) is 1. The number of benzene rings is 1. The SMILES string of the molecule is CCOP(=O)(COS(=O)(=O)c1ccccc1OC)OCC. The molecule has 0 saturated heterocycles. The van der Waals surface area contributed by atoms with E-state index in [1.807, 2.05) is 0 Å². The molecule has 120 valence electrons. The highest BCUT2D eigenvalue weighted by Gasteiger charge is 2.29. The highest BCUT2D eigenvalue weighted by molar-refractivity contribution is 7.87. The Labute approximate surface area is 124 Å². The van der Waals surface area contributed by atoms with E-state index in [0.717, 1.165) is 0 Å². The van der Waals surface area contributed by atoms with Crippen molar-refractivity contribution in [1.29, 1.82) is 0 Å². The summed E-state index contributed by atoms with van der Waals surface area (Å²) in [6.07, 6.45) is -0.685. The van der Waals surface area contributed by atoms with Crippen LogP contribution >= 0.6 is 7.60 Å². The van der Waals surface area contributed by atoms with E-state index in [2.05, 4.69) is 0 Å². The molecule has 0 aliphatic rings. The average Bonchev–Trinajstić information content (AvgIpc) is 2.46. The van der Waals surface area contributed by atoms with Gasteiger partial charge in [0.1, 0.15) is 10.6 Å².